The maximum Gasteiger partial charge on any atom is 0.306 e. The van der Waals surface area contributed by atoms with Crippen LogP contribution >= 0.6 is 0 Å². The smallest absolute Gasteiger partial charge is 0.306 e. The summed E-state index contributed by atoms with van der Waals surface area (Å²) in [4.78, 5) is 25.4. The number of carbonyl (C=O) groups excluding carboxylic acids is 2. The van der Waals surface area contributed by atoms with E-state index in [9.17, 15) is 9.59 Å². The highest BCUT2D eigenvalue weighted by Crippen LogP contribution is 2.14. The lowest BCUT2D eigenvalue weighted by molar-refractivity contribution is -0.162. The van der Waals surface area contributed by atoms with Gasteiger partial charge in [-0.15, -0.1) is 0 Å². The molecule has 0 aromatic heterocycles. The van der Waals surface area contributed by atoms with E-state index >= 15 is 0 Å². The van der Waals surface area contributed by atoms with Crippen LogP contribution in [0.1, 0.15) is 226 Å². The van der Waals surface area contributed by atoms with Crippen LogP contribution in [0.5, 0.6) is 0 Å². The van der Waals surface area contributed by atoms with Gasteiger partial charge in [-0.05, 0) is 96.3 Å². The number of ether oxygens (including phenoxy) is 3. The summed E-state index contributed by atoms with van der Waals surface area (Å²) in [5, 5.41) is 0. The molecule has 0 saturated heterocycles. The summed E-state index contributed by atoms with van der Waals surface area (Å²) in [5.41, 5.74) is 0. The Morgan fingerprint density at radius 1 is 0.348 bits per heavy atom. The second-order valence-electron chi connectivity index (χ2n) is 17.4. The summed E-state index contributed by atoms with van der Waals surface area (Å²) in [5.74, 6) is -0.513. The number of hydrogen-bond acceptors (Lipinski definition) is 5. The molecule has 0 aliphatic heterocycles. The predicted molar refractivity (Wildman–Crippen MR) is 288 cm³/mol. The van der Waals surface area contributed by atoms with Gasteiger partial charge in [-0.2, -0.15) is 0 Å². The third-order valence-corrected chi connectivity index (χ3v) is 11.0. The summed E-state index contributed by atoms with van der Waals surface area (Å²) in [6.45, 7) is 7.50. The van der Waals surface area contributed by atoms with Crippen LogP contribution in [0.2, 0.25) is 0 Å². The molecule has 0 heterocycles. The average molecular weight is 913 g/mol. The third kappa shape index (κ3) is 52.9. The highest BCUT2D eigenvalue weighted by Gasteiger charge is 2.17. The Bertz CT molecular complexity index is 1350. The molecule has 0 fully saturated rings. The second kappa shape index (κ2) is 55.6. The van der Waals surface area contributed by atoms with E-state index in [1.54, 1.807) is 0 Å². The van der Waals surface area contributed by atoms with E-state index in [0.29, 0.717) is 25.9 Å². The molecule has 5 nitrogen and oxygen atoms in total. The molecule has 0 bridgehead atoms. The fourth-order valence-electron chi connectivity index (χ4n) is 7.06. The average Bonchev–Trinajstić information content (AvgIpc) is 3.32. The number of unbranched alkanes of at least 4 members (excludes halogenated alkanes) is 17. The van der Waals surface area contributed by atoms with Gasteiger partial charge in [0.1, 0.15) is 6.61 Å². The van der Waals surface area contributed by atoms with Gasteiger partial charge >= 0.3 is 11.9 Å². The van der Waals surface area contributed by atoms with Crippen LogP contribution in [0.15, 0.2) is 122 Å². The molecule has 0 saturated carbocycles. The quantitative estimate of drug-likeness (QED) is 0.0346. The zero-order valence-electron chi connectivity index (χ0n) is 42.9. The maximum absolute atomic E-state index is 12.8. The lowest BCUT2D eigenvalue weighted by atomic mass is 10.1. The van der Waals surface area contributed by atoms with Crippen molar-refractivity contribution in [2.45, 2.75) is 232 Å². The van der Waals surface area contributed by atoms with Crippen LogP contribution in [0.25, 0.3) is 0 Å². The first-order valence-corrected chi connectivity index (χ1v) is 27.1. The Balaban J connectivity index is 4.41. The molecule has 0 spiro atoms. The van der Waals surface area contributed by atoms with Crippen molar-refractivity contribution < 1.29 is 23.8 Å². The Morgan fingerprint density at radius 2 is 0.712 bits per heavy atom. The van der Waals surface area contributed by atoms with Crippen molar-refractivity contribution in [1.82, 2.24) is 0 Å². The maximum atomic E-state index is 12.8. The second-order valence-corrected chi connectivity index (χ2v) is 17.4. The molecule has 1 atom stereocenters. The third-order valence-electron chi connectivity index (χ3n) is 11.0. The molecule has 0 aromatic carbocycles. The molecule has 5 heteroatoms. The van der Waals surface area contributed by atoms with Crippen LogP contribution in [0.3, 0.4) is 0 Å². The van der Waals surface area contributed by atoms with Crippen LogP contribution in [-0.2, 0) is 23.8 Å². The zero-order chi connectivity index (χ0) is 47.7. The molecule has 374 valence electrons. The van der Waals surface area contributed by atoms with E-state index in [0.717, 1.165) is 103 Å². The topological polar surface area (TPSA) is 61.8 Å². The van der Waals surface area contributed by atoms with Gasteiger partial charge in [0.05, 0.1) is 6.61 Å². The molecule has 66 heavy (non-hydrogen) atoms. The summed E-state index contributed by atoms with van der Waals surface area (Å²) in [6, 6.07) is 0. The van der Waals surface area contributed by atoms with Gasteiger partial charge in [0.15, 0.2) is 6.10 Å². The summed E-state index contributed by atoms with van der Waals surface area (Å²) < 4.78 is 17.3. The predicted octanol–water partition coefficient (Wildman–Crippen LogP) is 18.6. The minimum Gasteiger partial charge on any atom is -0.462 e. The molecule has 0 N–H and O–H groups in total. The standard InChI is InChI=1S/C61H100O5/c1-4-7-10-13-16-19-22-25-27-29-31-33-35-37-39-42-45-48-51-54-60(62)65-58-59(57-64-56-53-50-47-44-41-24-21-18-15-12-9-6-3)66-61(63)55-52-49-46-43-40-38-36-34-32-30-28-26-23-20-17-14-11-8-5-2/h7-8,10-11,16-17,19-20,25-28,31-34,37,39,45,48,59H,4-6,9,12-15,18,21-24,29-30,35-36,38,40-44,46-47,49-58H2,1-3H3/b10-7-,11-8-,19-16-,20-17-,27-25-,28-26-,33-31-,34-32-,39-37-,48-45-. The minimum atomic E-state index is -0.581. The van der Waals surface area contributed by atoms with Crippen LogP contribution in [0.4, 0.5) is 0 Å². The molecule has 1 unspecified atom stereocenters. The molecule has 0 rings (SSSR count). The summed E-state index contributed by atoms with van der Waals surface area (Å²) in [7, 11) is 0. The van der Waals surface area contributed by atoms with Crippen molar-refractivity contribution in [3.05, 3.63) is 122 Å². The minimum absolute atomic E-state index is 0.0338. The molecule has 0 radical (unpaired) electrons. The Labute approximate surface area is 407 Å². The summed E-state index contributed by atoms with van der Waals surface area (Å²) in [6.07, 6.45) is 77.9. The van der Waals surface area contributed by atoms with Gasteiger partial charge < -0.3 is 14.2 Å². The van der Waals surface area contributed by atoms with Crippen molar-refractivity contribution in [3.63, 3.8) is 0 Å². The number of rotatable bonds is 48. The van der Waals surface area contributed by atoms with Crippen LogP contribution in [-0.4, -0.2) is 37.9 Å². The molecule has 0 aliphatic rings. The largest absolute Gasteiger partial charge is 0.462 e. The molecule has 0 amide bonds. The highest BCUT2D eigenvalue weighted by molar-refractivity contribution is 5.70. The Hall–Kier alpha value is -3.70. The van der Waals surface area contributed by atoms with E-state index in [1.807, 2.05) is 6.08 Å². The van der Waals surface area contributed by atoms with Gasteiger partial charge in [0.2, 0.25) is 0 Å². The fraction of sp³-hybridized carbons (Fsp3) is 0.639. The summed E-state index contributed by atoms with van der Waals surface area (Å²) >= 11 is 0. The van der Waals surface area contributed by atoms with Crippen molar-refractivity contribution in [2.24, 2.45) is 0 Å². The van der Waals surface area contributed by atoms with E-state index < -0.39 is 6.10 Å². The fourth-order valence-corrected chi connectivity index (χ4v) is 7.06. The van der Waals surface area contributed by atoms with Gasteiger partial charge in [0, 0.05) is 19.4 Å². The lowest BCUT2D eigenvalue weighted by Crippen LogP contribution is -2.30. The first-order valence-electron chi connectivity index (χ1n) is 27.1. The zero-order valence-corrected chi connectivity index (χ0v) is 42.9. The van der Waals surface area contributed by atoms with Gasteiger partial charge in [-0.25, -0.2) is 0 Å². The monoisotopic (exact) mass is 913 g/mol. The van der Waals surface area contributed by atoms with Crippen molar-refractivity contribution in [1.29, 1.82) is 0 Å². The molecule has 0 aromatic rings. The van der Waals surface area contributed by atoms with Crippen LogP contribution < -0.4 is 0 Å². The number of esters is 2. The SMILES string of the molecule is CC/C=C\C/C=C\C/C=C\C/C=C\C/C=C\C/C=C\CCC(=O)OCC(COCCCCCCCCCCCCCC)OC(=O)CCCCCCCC/C=C\C/C=C\C/C=C\C/C=C\CC. The number of carbonyl (C=O) groups is 2. The van der Waals surface area contributed by atoms with Crippen molar-refractivity contribution in [3.8, 4) is 0 Å². The van der Waals surface area contributed by atoms with E-state index in [-0.39, 0.29) is 25.2 Å². The normalized spacial score (nSPS) is 13.2. The molecular formula is C61H100O5. The van der Waals surface area contributed by atoms with Gasteiger partial charge in [-0.3, -0.25) is 9.59 Å². The number of hydrogen-bond donors (Lipinski definition) is 0. The van der Waals surface area contributed by atoms with E-state index in [4.69, 9.17) is 14.2 Å². The highest BCUT2D eigenvalue weighted by atomic mass is 16.6. The number of allylic oxidation sites excluding steroid dienone is 20. The molecule has 0 aliphatic carbocycles. The van der Waals surface area contributed by atoms with Crippen molar-refractivity contribution >= 4 is 11.9 Å². The Morgan fingerprint density at radius 3 is 1.15 bits per heavy atom. The van der Waals surface area contributed by atoms with Gasteiger partial charge in [-0.1, -0.05) is 239 Å². The van der Waals surface area contributed by atoms with Crippen LogP contribution in [0, 0.1) is 0 Å². The van der Waals surface area contributed by atoms with E-state index in [2.05, 4.69) is 136 Å². The lowest BCUT2D eigenvalue weighted by Gasteiger charge is -2.18. The first-order chi connectivity index (χ1) is 32.6. The first kappa shape index (κ1) is 62.3. The van der Waals surface area contributed by atoms with E-state index in [1.165, 1.54) is 83.5 Å². The van der Waals surface area contributed by atoms with Gasteiger partial charge in [0.25, 0.3) is 0 Å². The molecular weight excluding hydrogens is 813 g/mol. The van der Waals surface area contributed by atoms with Crippen molar-refractivity contribution in [2.75, 3.05) is 19.8 Å². The Kier molecular flexibility index (Phi) is 52.5.